The first-order chi connectivity index (χ1) is 15.4. The van der Waals surface area contributed by atoms with E-state index in [0.29, 0.717) is 23.6 Å². The molecule has 164 valence electrons. The highest BCUT2D eigenvalue weighted by Crippen LogP contribution is 2.40. The molecule has 4 aromatic carbocycles. The van der Waals surface area contributed by atoms with Gasteiger partial charge in [-0.2, -0.15) is 0 Å². The van der Waals surface area contributed by atoms with Crippen molar-refractivity contribution in [2.45, 2.75) is 6.42 Å². The number of ether oxygens (including phenoxy) is 1. The minimum absolute atomic E-state index is 0.0678. The molecule has 4 rings (SSSR count). The van der Waals surface area contributed by atoms with Crippen molar-refractivity contribution in [3.05, 3.63) is 88.9 Å². The molecule has 2 N–H and O–H groups in total. The Morgan fingerprint density at radius 3 is 2.41 bits per heavy atom. The summed E-state index contributed by atoms with van der Waals surface area (Å²) in [5.41, 5.74) is 3.77. The third-order valence-electron chi connectivity index (χ3n) is 5.50. The van der Waals surface area contributed by atoms with E-state index in [1.165, 1.54) is 0 Å². The van der Waals surface area contributed by atoms with Gasteiger partial charge < -0.3 is 19.8 Å². The lowest BCUT2D eigenvalue weighted by atomic mass is 9.90. The first-order valence-electron chi connectivity index (χ1n) is 10.5. The van der Waals surface area contributed by atoms with Crippen molar-refractivity contribution >= 4 is 22.4 Å². The number of fused-ring (bicyclic) bond motifs is 1. The molecule has 0 saturated heterocycles. The second-order valence-electron chi connectivity index (χ2n) is 8.11. The van der Waals surface area contributed by atoms with Gasteiger partial charge in [0.25, 0.3) is 0 Å². The van der Waals surface area contributed by atoms with Crippen LogP contribution in [0.2, 0.25) is 5.02 Å². The smallest absolute Gasteiger partial charge is 0.141 e. The minimum atomic E-state index is 0.0678. The van der Waals surface area contributed by atoms with Crippen LogP contribution in [-0.2, 0) is 6.42 Å². The third-order valence-corrected chi connectivity index (χ3v) is 5.81. The highest BCUT2D eigenvalue weighted by atomic mass is 35.5. The fourth-order valence-electron chi connectivity index (χ4n) is 3.81. The van der Waals surface area contributed by atoms with Gasteiger partial charge in [0.05, 0.1) is 5.02 Å². The van der Waals surface area contributed by atoms with Gasteiger partial charge in [0.15, 0.2) is 0 Å². The Morgan fingerprint density at radius 2 is 1.66 bits per heavy atom. The molecule has 4 aromatic rings. The molecule has 0 atom stereocenters. The monoisotopic (exact) mass is 447 g/mol. The lowest BCUT2D eigenvalue weighted by Gasteiger charge is -2.16. The highest BCUT2D eigenvalue weighted by molar-refractivity contribution is 6.32. The molecule has 0 aliphatic rings. The summed E-state index contributed by atoms with van der Waals surface area (Å²) in [5.74, 6) is 1.13. The van der Waals surface area contributed by atoms with E-state index in [9.17, 15) is 10.2 Å². The van der Waals surface area contributed by atoms with Crippen LogP contribution in [-0.4, -0.2) is 42.4 Å². The lowest BCUT2D eigenvalue weighted by Crippen LogP contribution is -2.19. The predicted molar refractivity (Wildman–Crippen MR) is 131 cm³/mol. The molecule has 0 bridgehead atoms. The lowest BCUT2D eigenvalue weighted by molar-refractivity contribution is 0.261. The number of aromatic hydroxyl groups is 2. The number of nitrogens with zero attached hydrogens (tertiary/aromatic N) is 1. The largest absolute Gasteiger partial charge is 0.508 e. The van der Waals surface area contributed by atoms with Crippen LogP contribution in [0.1, 0.15) is 11.1 Å². The van der Waals surface area contributed by atoms with Gasteiger partial charge in [0.1, 0.15) is 23.9 Å². The SMILES string of the molecule is CN(C)CCOc1ccc(Cc2c(-c3cccc(Cl)c3O)ccc3cc(O)ccc23)cc1. The Labute approximate surface area is 193 Å². The summed E-state index contributed by atoms with van der Waals surface area (Å²) in [6, 6.07) is 22.8. The summed E-state index contributed by atoms with van der Waals surface area (Å²) in [6.07, 6.45) is 0.654. The standard InChI is InChI=1S/C27H26ClNO3/c1-29(2)14-15-32-21-10-6-18(7-11-21)16-25-22-13-9-20(30)17-19(22)8-12-23(25)24-4-3-5-26(28)27(24)31/h3-13,17,30-31H,14-16H2,1-2H3. The molecule has 0 unspecified atom stereocenters. The first kappa shape index (κ1) is 22.0. The molecule has 0 aliphatic heterocycles. The maximum absolute atomic E-state index is 10.6. The fraction of sp³-hybridized carbons (Fsp3) is 0.185. The maximum atomic E-state index is 10.6. The number of benzene rings is 4. The Morgan fingerprint density at radius 1 is 0.875 bits per heavy atom. The molecule has 4 nitrogen and oxygen atoms in total. The first-order valence-corrected chi connectivity index (χ1v) is 10.9. The molecule has 32 heavy (non-hydrogen) atoms. The summed E-state index contributed by atoms with van der Waals surface area (Å²) >= 11 is 6.19. The van der Waals surface area contributed by atoms with Crippen LogP contribution >= 0.6 is 11.6 Å². The Bertz CT molecular complexity index is 1240. The second kappa shape index (κ2) is 9.51. The molecule has 0 aromatic heterocycles. The van der Waals surface area contributed by atoms with Gasteiger partial charge in [-0.15, -0.1) is 0 Å². The number of halogens is 1. The summed E-state index contributed by atoms with van der Waals surface area (Å²) in [7, 11) is 4.04. The van der Waals surface area contributed by atoms with Crippen LogP contribution in [0.5, 0.6) is 17.2 Å². The van der Waals surface area contributed by atoms with E-state index in [0.717, 1.165) is 39.8 Å². The molecule has 0 radical (unpaired) electrons. The number of likely N-dealkylation sites (N-methyl/N-ethyl adjacent to an activating group) is 1. The van der Waals surface area contributed by atoms with Gasteiger partial charge in [-0.3, -0.25) is 0 Å². The van der Waals surface area contributed by atoms with E-state index >= 15 is 0 Å². The second-order valence-corrected chi connectivity index (χ2v) is 8.51. The van der Waals surface area contributed by atoms with Crippen molar-refractivity contribution < 1.29 is 14.9 Å². The highest BCUT2D eigenvalue weighted by Gasteiger charge is 2.15. The molecule has 0 aliphatic carbocycles. The van der Waals surface area contributed by atoms with Crippen LogP contribution < -0.4 is 4.74 Å². The zero-order valence-electron chi connectivity index (χ0n) is 18.2. The summed E-state index contributed by atoms with van der Waals surface area (Å²) in [4.78, 5) is 2.08. The van der Waals surface area contributed by atoms with E-state index in [4.69, 9.17) is 16.3 Å². The average molecular weight is 448 g/mol. The Balaban J connectivity index is 1.72. The quantitative estimate of drug-likeness (QED) is 0.359. The minimum Gasteiger partial charge on any atom is -0.508 e. The van der Waals surface area contributed by atoms with Crippen molar-refractivity contribution in [3.63, 3.8) is 0 Å². The van der Waals surface area contributed by atoms with Crippen molar-refractivity contribution in [2.24, 2.45) is 0 Å². The molecule has 0 fully saturated rings. The van der Waals surface area contributed by atoms with Crippen molar-refractivity contribution in [1.82, 2.24) is 4.90 Å². The zero-order chi connectivity index (χ0) is 22.7. The van der Waals surface area contributed by atoms with E-state index in [1.807, 2.05) is 56.6 Å². The van der Waals surface area contributed by atoms with Crippen LogP contribution in [0.4, 0.5) is 0 Å². The van der Waals surface area contributed by atoms with E-state index < -0.39 is 0 Å². The van der Waals surface area contributed by atoms with Crippen molar-refractivity contribution in [1.29, 1.82) is 0 Å². The van der Waals surface area contributed by atoms with Gasteiger partial charge in [0, 0.05) is 12.1 Å². The van der Waals surface area contributed by atoms with Gasteiger partial charge >= 0.3 is 0 Å². The van der Waals surface area contributed by atoms with Crippen molar-refractivity contribution in [3.8, 4) is 28.4 Å². The molecule has 0 saturated carbocycles. The van der Waals surface area contributed by atoms with Gasteiger partial charge in [-0.05, 0) is 78.3 Å². The van der Waals surface area contributed by atoms with Crippen LogP contribution in [0.25, 0.3) is 21.9 Å². The number of rotatable bonds is 7. The molecule has 5 heteroatoms. The van der Waals surface area contributed by atoms with Crippen LogP contribution in [0, 0.1) is 0 Å². The summed E-state index contributed by atoms with van der Waals surface area (Å²) < 4.78 is 5.81. The van der Waals surface area contributed by atoms with E-state index in [2.05, 4.69) is 17.0 Å². The number of phenols is 2. The maximum Gasteiger partial charge on any atom is 0.141 e. The zero-order valence-corrected chi connectivity index (χ0v) is 18.9. The van der Waals surface area contributed by atoms with Gasteiger partial charge in [-0.25, -0.2) is 0 Å². The molecular weight excluding hydrogens is 422 g/mol. The normalized spacial score (nSPS) is 11.2. The van der Waals surface area contributed by atoms with Gasteiger partial charge in [-0.1, -0.05) is 54.1 Å². The molecular formula is C27H26ClNO3. The molecule has 0 heterocycles. The third kappa shape index (κ3) is 4.82. The van der Waals surface area contributed by atoms with Gasteiger partial charge in [0.2, 0.25) is 0 Å². The number of hydrogen-bond acceptors (Lipinski definition) is 4. The number of phenolic OH excluding ortho intramolecular Hbond substituents is 2. The summed E-state index contributed by atoms with van der Waals surface area (Å²) in [6.45, 7) is 1.49. The Hall–Kier alpha value is -3.21. The van der Waals surface area contributed by atoms with Crippen LogP contribution in [0.3, 0.4) is 0 Å². The average Bonchev–Trinajstić information content (AvgIpc) is 2.77. The van der Waals surface area contributed by atoms with Crippen LogP contribution in [0.15, 0.2) is 72.8 Å². The molecule has 0 amide bonds. The van der Waals surface area contributed by atoms with Crippen molar-refractivity contribution in [2.75, 3.05) is 27.2 Å². The number of para-hydroxylation sites is 1. The van der Waals surface area contributed by atoms with E-state index in [-0.39, 0.29) is 11.5 Å². The topological polar surface area (TPSA) is 52.9 Å². The Kier molecular flexibility index (Phi) is 6.54. The fourth-order valence-corrected chi connectivity index (χ4v) is 3.99. The molecule has 0 spiro atoms. The summed E-state index contributed by atoms with van der Waals surface area (Å²) in [5, 5.41) is 22.8. The van der Waals surface area contributed by atoms with E-state index in [1.54, 1.807) is 18.2 Å². The number of hydrogen-bond donors (Lipinski definition) is 2. The predicted octanol–water partition coefficient (Wildman–Crippen LogP) is 6.10.